The Balaban J connectivity index is 2.33. The Hall–Kier alpha value is -2.68. The molecule has 0 heterocycles. The number of nitrogens with zero attached hydrogens (tertiary/aromatic N) is 1. The van der Waals surface area contributed by atoms with Gasteiger partial charge in [0.15, 0.2) is 5.43 Å². The molecule has 0 aliphatic carbocycles. The monoisotopic (exact) mass is 277 g/mol. The molecule has 21 heavy (non-hydrogen) atoms. The van der Waals surface area contributed by atoms with E-state index in [1.165, 1.54) is 6.21 Å². The van der Waals surface area contributed by atoms with Gasteiger partial charge in [0.05, 0.1) is 6.21 Å². The van der Waals surface area contributed by atoms with Crippen molar-refractivity contribution in [2.45, 2.75) is 12.8 Å². The fraction of sp³-hybridized carbons (Fsp3) is 0.111. The molecule has 0 radical (unpaired) electrons. The highest BCUT2D eigenvalue weighted by atomic mass is 16.4. The van der Waals surface area contributed by atoms with Crippen molar-refractivity contribution in [3.8, 4) is 0 Å². The van der Waals surface area contributed by atoms with Gasteiger partial charge < -0.3 is 5.21 Å². The van der Waals surface area contributed by atoms with Gasteiger partial charge in [-0.05, 0) is 16.3 Å². The van der Waals surface area contributed by atoms with Gasteiger partial charge in [-0.2, -0.15) is 0 Å². The number of rotatable bonds is 2. The van der Waals surface area contributed by atoms with Gasteiger partial charge in [-0.1, -0.05) is 61.5 Å². The van der Waals surface area contributed by atoms with Gasteiger partial charge in [0.25, 0.3) is 0 Å². The Morgan fingerprint density at radius 1 is 1.00 bits per heavy atom. The second kappa shape index (κ2) is 5.37. The molecular formula is C18H15NO2. The Morgan fingerprint density at radius 2 is 1.71 bits per heavy atom. The first kappa shape index (κ1) is 13.3. The van der Waals surface area contributed by atoms with Crippen LogP contribution in [0.3, 0.4) is 0 Å². The minimum absolute atomic E-state index is 0.00516. The fourth-order valence-electron chi connectivity index (χ4n) is 2.57. The highest BCUT2D eigenvalue weighted by Gasteiger charge is 2.06. The number of fused-ring (bicyclic) bond motifs is 2. The minimum Gasteiger partial charge on any atom is -0.411 e. The fourth-order valence-corrected chi connectivity index (χ4v) is 2.57. The number of hydrogen-bond acceptors (Lipinski definition) is 3. The molecule has 104 valence electrons. The van der Waals surface area contributed by atoms with Crippen molar-refractivity contribution < 1.29 is 5.21 Å². The molecule has 0 aromatic heterocycles. The smallest absolute Gasteiger partial charge is 0.194 e. The van der Waals surface area contributed by atoms with Crippen LogP contribution in [0.5, 0.6) is 0 Å². The lowest BCUT2D eigenvalue weighted by molar-refractivity contribution is 0.320. The van der Waals surface area contributed by atoms with Crippen LogP contribution in [0, 0.1) is 0 Å². The van der Waals surface area contributed by atoms with E-state index >= 15 is 0 Å². The first-order valence-corrected chi connectivity index (χ1v) is 6.84. The Labute approximate surface area is 122 Å². The first-order chi connectivity index (χ1) is 10.2. The van der Waals surface area contributed by atoms with Gasteiger partial charge >= 0.3 is 0 Å². The van der Waals surface area contributed by atoms with Crippen LogP contribution < -0.4 is 5.43 Å². The molecule has 3 rings (SSSR count). The Bertz CT molecular complexity index is 900. The van der Waals surface area contributed by atoms with Crippen LogP contribution in [0.1, 0.15) is 18.4 Å². The minimum atomic E-state index is -0.00516. The van der Waals surface area contributed by atoms with Gasteiger partial charge in [-0.25, -0.2) is 0 Å². The quantitative estimate of drug-likeness (QED) is 0.438. The van der Waals surface area contributed by atoms with Gasteiger partial charge in [0, 0.05) is 16.7 Å². The normalized spacial score (nSPS) is 13.0. The van der Waals surface area contributed by atoms with Crippen molar-refractivity contribution in [1.82, 2.24) is 0 Å². The summed E-state index contributed by atoms with van der Waals surface area (Å²) >= 11 is 0. The zero-order valence-electron chi connectivity index (χ0n) is 11.7. The topological polar surface area (TPSA) is 49.7 Å². The van der Waals surface area contributed by atoms with Crippen molar-refractivity contribution in [1.29, 1.82) is 0 Å². The van der Waals surface area contributed by atoms with Crippen LogP contribution in [-0.4, -0.2) is 11.4 Å². The zero-order valence-corrected chi connectivity index (χ0v) is 11.7. The summed E-state index contributed by atoms with van der Waals surface area (Å²) in [5.41, 5.74) is 1.05. The second-order valence-corrected chi connectivity index (χ2v) is 5.15. The average molecular weight is 277 g/mol. The van der Waals surface area contributed by atoms with Crippen molar-refractivity contribution in [3.05, 3.63) is 70.4 Å². The van der Waals surface area contributed by atoms with Crippen molar-refractivity contribution in [2.24, 2.45) is 5.16 Å². The molecule has 3 nitrogen and oxygen atoms in total. The summed E-state index contributed by atoms with van der Waals surface area (Å²) in [5.74, 6) is -0.00516. The molecular weight excluding hydrogens is 262 g/mol. The molecule has 3 aromatic rings. The number of hydrogen-bond donors (Lipinski definition) is 1. The summed E-state index contributed by atoms with van der Waals surface area (Å²) in [6.07, 6.45) is 1.47. The lowest BCUT2D eigenvalue weighted by atomic mass is 9.99. The third kappa shape index (κ3) is 2.38. The van der Waals surface area contributed by atoms with E-state index in [0.717, 1.165) is 21.7 Å². The van der Waals surface area contributed by atoms with Crippen molar-refractivity contribution in [2.75, 3.05) is 0 Å². The predicted molar refractivity (Wildman–Crippen MR) is 86.4 cm³/mol. The Kier molecular flexibility index (Phi) is 3.40. The number of oxime groups is 1. The van der Waals surface area contributed by atoms with E-state index in [-0.39, 0.29) is 11.3 Å². The summed E-state index contributed by atoms with van der Waals surface area (Å²) < 4.78 is 0. The molecule has 0 aliphatic heterocycles. The average Bonchev–Trinajstić information content (AvgIpc) is 2.65. The van der Waals surface area contributed by atoms with Crippen LogP contribution >= 0.6 is 0 Å². The highest BCUT2D eigenvalue weighted by Crippen LogP contribution is 2.20. The standard InChI is InChI=1S/C18H15NO2/c1-12(11-19-21)14-8-9-17-15(10-14)7-6-13-4-2-3-5-16(13)18(17)20/h2-12,21H,1H3/b19-11+. The van der Waals surface area contributed by atoms with E-state index in [1.54, 1.807) is 0 Å². The molecule has 0 amide bonds. The summed E-state index contributed by atoms with van der Waals surface area (Å²) in [7, 11) is 0. The van der Waals surface area contributed by atoms with Crippen LogP contribution in [-0.2, 0) is 0 Å². The second-order valence-electron chi connectivity index (χ2n) is 5.15. The Morgan fingerprint density at radius 3 is 2.52 bits per heavy atom. The lowest BCUT2D eigenvalue weighted by Gasteiger charge is -2.05. The lowest BCUT2D eigenvalue weighted by Crippen LogP contribution is -2.00. The largest absolute Gasteiger partial charge is 0.411 e. The molecule has 0 saturated heterocycles. The van der Waals surface area contributed by atoms with E-state index in [2.05, 4.69) is 5.16 Å². The summed E-state index contributed by atoms with van der Waals surface area (Å²) in [6, 6.07) is 17.3. The van der Waals surface area contributed by atoms with Crippen LogP contribution in [0.15, 0.2) is 64.5 Å². The molecule has 3 heteroatoms. The van der Waals surface area contributed by atoms with Gasteiger partial charge in [0.1, 0.15) is 0 Å². The summed E-state index contributed by atoms with van der Waals surface area (Å²) in [5, 5.41) is 15.0. The maximum atomic E-state index is 12.6. The van der Waals surface area contributed by atoms with Gasteiger partial charge in [-0.15, -0.1) is 5.16 Å². The maximum absolute atomic E-state index is 12.6. The molecule has 1 N–H and O–H groups in total. The molecule has 0 bridgehead atoms. The predicted octanol–water partition coefficient (Wildman–Crippen LogP) is 3.92. The molecule has 1 unspecified atom stereocenters. The first-order valence-electron chi connectivity index (χ1n) is 6.84. The van der Waals surface area contributed by atoms with Crippen LogP contribution in [0.25, 0.3) is 21.5 Å². The van der Waals surface area contributed by atoms with E-state index < -0.39 is 0 Å². The molecule has 3 aromatic carbocycles. The third-order valence-corrected chi connectivity index (χ3v) is 3.78. The number of benzene rings is 2. The van der Waals surface area contributed by atoms with E-state index in [9.17, 15) is 4.79 Å². The van der Waals surface area contributed by atoms with Crippen LogP contribution in [0.2, 0.25) is 0 Å². The SMILES string of the molecule is CC(/C=N/O)c1ccc2c(=O)c3ccccc3ccc2c1. The van der Waals surface area contributed by atoms with Crippen molar-refractivity contribution in [3.63, 3.8) is 0 Å². The maximum Gasteiger partial charge on any atom is 0.194 e. The highest BCUT2D eigenvalue weighted by molar-refractivity contribution is 5.93. The zero-order chi connectivity index (χ0) is 14.8. The van der Waals surface area contributed by atoms with E-state index in [0.29, 0.717) is 5.39 Å². The van der Waals surface area contributed by atoms with Gasteiger partial charge in [0.2, 0.25) is 0 Å². The molecule has 0 saturated carbocycles. The van der Waals surface area contributed by atoms with Gasteiger partial charge in [-0.3, -0.25) is 4.79 Å². The van der Waals surface area contributed by atoms with Crippen LogP contribution in [0.4, 0.5) is 0 Å². The van der Waals surface area contributed by atoms with Crippen molar-refractivity contribution >= 4 is 27.8 Å². The molecule has 1 atom stereocenters. The van der Waals surface area contributed by atoms with E-state index in [4.69, 9.17) is 5.21 Å². The summed E-state index contributed by atoms with van der Waals surface area (Å²) in [4.78, 5) is 12.6. The van der Waals surface area contributed by atoms with E-state index in [1.807, 2.05) is 61.5 Å². The molecule has 0 fully saturated rings. The molecule has 0 aliphatic rings. The molecule has 0 spiro atoms. The third-order valence-electron chi connectivity index (χ3n) is 3.78. The summed E-state index contributed by atoms with van der Waals surface area (Å²) in [6.45, 7) is 1.94.